The van der Waals surface area contributed by atoms with Gasteiger partial charge in [-0.05, 0) is 31.5 Å². The topological polar surface area (TPSA) is 64.6 Å². The molecule has 17 heavy (non-hydrogen) atoms. The van der Waals surface area contributed by atoms with Crippen LogP contribution in [0.2, 0.25) is 0 Å². The van der Waals surface area contributed by atoms with Gasteiger partial charge in [-0.15, -0.1) is 0 Å². The number of hydrogen-bond acceptors (Lipinski definition) is 5. The van der Waals surface area contributed by atoms with Crippen LogP contribution in [0.3, 0.4) is 0 Å². The molecule has 0 aliphatic rings. The summed E-state index contributed by atoms with van der Waals surface area (Å²) < 4.78 is 5.12. The number of ether oxygens (including phenoxy) is 1. The van der Waals surface area contributed by atoms with E-state index in [0.717, 1.165) is 5.56 Å². The Balaban J connectivity index is 2.63. The zero-order valence-corrected chi connectivity index (χ0v) is 10.1. The summed E-state index contributed by atoms with van der Waals surface area (Å²) in [4.78, 5) is 26.6. The Labute approximate surface area is 99.7 Å². The lowest BCUT2D eigenvalue weighted by Gasteiger charge is -2.10. The van der Waals surface area contributed by atoms with Crippen LogP contribution >= 0.6 is 0 Å². The first kappa shape index (κ1) is 13.0. The molecule has 0 unspecified atom stereocenters. The van der Waals surface area contributed by atoms with Crippen molar-refractivity contribution < 1.29 is 19.2 Å². The maximum absolute atomic E-state index is 11.1. The lowest BCUT2D eigenvalue weighted by atomic mass is 10.2. The van der Waals surface area contributed by atoms with E-state index in [-0.39, 0.29) is 12.2 Å². The summed E-state index contributed by atoms with van der Waals surface area (Å²) in [6.07, 6.45) is -0.249. The van der Waals surface area contributed by atoms with Gasteiger partial charge in [-0.3, -0.25) is 4.79 Å². The molecule has 0 aliphatic heterocycles. The highest BCUT2D eigenvalue weighted by molar-refractivity contribution is 5.94. The quantitative estimate of drug-likeness (QED) is 0.625. The van der Waals surface area contributed by atoms with Crippen molar-refractivity contribution in [3.63, 3.8) is 0 Å². The second-order valence-electron chi connectivity index (χ2n) is 3.66. The maximum atomic E-state index is 11.1. The van der Waals surface area contributed by atoms with Crippen molar-refractivity contribution in [1.29, 1.82) is 0 Å². The number of methoxy groups -OCH3 is 1. The van der Waals surface area contributed by atoms with Gasteiger partial charge < -0.3 is 9.57 Å². The van der Waals surface area contributed by atoms with Gasteiger partial charge >= 0.3 is 5.97 Å². The average molecular weight is 237 g/mol. The van der Waals surface area contributed by atoms with Crippen LogP contribution in [0.1, 0.15) is 18.9 Å². The van der Waals surface area contributed by atoms with E-state index in [0.29, 0.717) is 11.4 Å². The number of hydrogen-bond donors (Lipinski definition) is 1. The second-order valence-corrected chi connectivity index (χ2v) is 3.66. The number of benzene rings is 1. The molecule has 1 N–H and O–H groups in total. The van der Waals surface area contributed by atoms with Crippen LogP contribution in [0.4, 0.5) is 5.69 Å². The Morgan fingerprint density at radius 3 is 2.65 bits per heavy atom. The first-order chi connectivity index (χ1) is 8.02. The van der Waals surface area contributed by atoms with Gasteiger partial charge in [-0.2, -0.15) is 0 Å². The number of aryl methyl sites for hydroxylation is 1. The summed E-state index contributed by atoms with van der Waals surface area (Å²) in [5, 5.41) is 0. The van der Waals surface area contributed by atoms with E-state index in [1.807, 2.05) is 13.0 Å². The standard InChI is InChI=1S/C12H15NO4/c1-8-4-5-10(11(6-8)16-3)13-17-12(15)7-9(2)14/h4-6,13H,7H2,1-3H3. The monoisotopic (exact) mass is 237 g/mol. The SMILES string of the molecule is COc1cc(C)ccc1NOC(=O)CC(C)=O. The highest BCUT2D eigenvalue weighted by atomic mass is 16.7. The van der Waals surface area contributed by atoms with Gasteiger partial charge in [0.05, 0.1) is 7.11 Å². The molecule has 0 heterocycles. The lowest BCUT2D eigenvalue weighted by molar-refractivity contribution is -0.143. The van der Waals surface area contributed by atoms with Gasteiger partial charge in [0.15, 0.2) is 0 Å². The fourth-order valence-corrected chi connectivity index (χ4v) is 1.23. The van der Waals surface area contributed by atoms with Crippen molar-refractivity contribution in [2.75, 3.05) is 12.6 Å². The molecule has 5 nitrogen and oxygen atoms in total. The predicted octanol–water partition coefficient (Wildman–Crippen LogP) is 1.85. The number of rotatable bonds is 5. The zero-order valence-electron chi connectivity index (χ0n) is 10.1. The number of Topliss-reactive ketones (excluding diaryl/α,β-unsaturated/α-hetero) is 1. The number of carbonyl (C=O) groups is 2. The molecule has 0 fully saturated rings. The molecular weight excluding hydrogens is 222 g/mol. The van der Waals surface area contributed by atoms with Gasteiger partial charge in [-0.1, -0.05) is 6.07 Å². The van der Waals surface area contributed by atoms with Crippen molar-refractivity contribution in [2.45, 2.75) is 20.3 Å². The molecule has 0 atom stereocenters. The molecule has 0 aliphatic carbocycles. The van der Waals surface area contributed by atoms with E-state index in [1.54, 1.807) is 12.1 Å². The minimum atomic E-state index is -0.625. The van der Waals surface area contributed by atoms with Crippen molar-refractivity contribution in [3.05, 3.63) is 23.8 Å². The van der Waals surface area contributed by atoms with Crippen LogP contribution in [0.15, 0.2) is 18.2 Å². The number of anilines is 1. The van der Waals surface area contributed by atoms with Crippen LogP contribution in [0.25, 0.3) is 0 Å². The van der Waals surface area contributed by atoms with E-state index in [1.165, 1.54) is 14.0 Å². The van der Waals surface area contributed by atoms with Crippen LogP contribution in [0.5, 0.6) is 5.75 Å². The molecule has 1 rings (SSSR count). The Morgan fingerprint density at radius 2 is 2.06 bits per heavy atom. The third-order valence-electron chi connectivity index (χ3n) is 2.03. The Kier molecular flexibility index (Phi) is 4.51. The van der Waals surface area contributed by atoms with E-state index in [9.17, 15) is 9.59 Å². The van der Waals surface area contributed by atoms with E-state index < -0.39 is 5.97 Å². The average Bonchev–Trinajstić information content (AvgIpc) is 2.26. The summed E-state index contributed by atoms with van der Waals surface area (Å²) in [5.41, 5.74) is 4.04. The van der Waals surface area contributed by atoms with Gasteiger partial charge in [0.25, 0.3) is 0 Å². The van der Waals surface area contributed by atoms with Crippen LogP contribution in [0, 0.1) is 6.92 Å². The number of carbonyl (C=O) groups excluding carboxylic acids is 2. The summed E-state index contributed by atoms with van der Waals surface area (Å²) in [7, 11) is 1.53. The molecule has 1 aromatic rings. The highest BCUT2D eigenvalue weighted by Gasteiger charge is 2.09. The Hall–Kier alpha value is -2.04. The number of ketones is 1. The van der Waals surface area contributed by atoms with E-state index in [4.69, 9.17) is 9.57 Å². The molecule has 0 spiro atoms. The minimum absolute atomic E-state index is 0.243. The van der Waals surface area contributed by atoms with Crippen molar-refractivity contribution in [3.8, 4) is 5.75 Å². The van der Waals surface area contributed by atoms with Crippen LogP contribution in [-0.2, 0) is 14.4 Å². The molecule has 1 aromatic carbocycles. The summed E-state index contributed by atoms with van der Waals surface area (Å²) in [6, 6.07) is 5.39. The first-order valence-corrected chi connectivity index (χ1v) is 5.12. The van der Waals surface area contributed by atoms with E-state index >= 15 is 0 Å². The normalized spacial score (nSPS) is 9.59. The van der Waals surface area contributed by atoms with Crippen molar-refractivity contribution >= 4 is 17.4 Å². The zero-order chi connectivity index (χ0) is 12.8. The van der Waals surface area contributed by atoms with Crippen LogP contribution < -0.4 is 10.2 Å². The molecule has 0 radical (unpaired) electrons. The molecule has 0 bridgehead atoms. The van der Waals surface area contributed by atoms with E-state index in [2.05, 4.69) is 5.48 Å². The fraction of sp³-hybridized carbons (Fsp3) is 0.333. The number of nitrogens with one attached hydrogen (secondary N) is 1. The van der Waals surface area contributed by atoms with Gasteiger partial charge in [-0.25, -0.2) is 10.3 Å². The summed E-state index contributed by atoms with van der Waals surface area (Å²) >= 11 is 0. The van der Waals surface area contributed by atoms with Gasteiger partial charge in [0.2, 0.25) is 0 Å². The smallest absolute Gasteiger partial charge is 0.339 e. The Bertz CT molecular complexity index is 429. The Morgan fingerprint density at radius 1 is 1.35 bits per heavy atom. The largest absolute Gasteiger partial charge is 0.494 e. The predicted molar refractivity (Wildman–Crippen MR) is 62.7 cm³/mol. The maximum Gasteiger partial charge on any atom is 0.339 e. The fourth-order valence-electron chi connectivity index (χ4n) is 1.23. The molecule has 92 valence electrons. The molecule has 0 saturated carbocycles. The highest BCUT2D eigenvalue weighted by Crippen LogP contribution is 2.25. The van der Waals surface area contributed by atoms with Crippen molar-refractivity contribution in [1.82, 2.24) is 0 Å². The third kappa shape index (κ3) is 4.14. The van der Waals surface area contributed by atoms with Gasteiger partial charge in [0.1, 0.15) is 23.6 Å². The molecule has 0 amide bonds. The second kappa shape index (κ2) is 5.89. The molecule has 5 heteroatoms. The van der Waals surface area contributed by atoms with Crippen LogP contribution in [-0.4, -0.2) is 18.9 Å². The molecule has 0 saturated heterocycles. The summed E-state index contributed by atoms with van der Waals surface area (Å²) in [5.74, 6) is -0.298. The lowest BCUT2D eigenvalue weighted by Crippen LogP contribution is -2.13. The third-order valence-corrected chi connectivity index (χ3v) is 2.03. The van der Waals surface area contributed by atoms with Gasteiger partial charge in [0, 0.05) is 0 Å². The first-order valence-electron chi connectivity index (χ1n) is 5.12. The molecular formula is C12H15NO4. The minimum Gasteiger partial charge on any atom is -0.494 e. The van der Waals surface area contributed by atoms with Crippen molar-refractivity contribution in [2.24, 2.45) is 0 Å². The summed E-state index contributed by atoms with van der Waals surface area (Å²) in [6.45, 7) is 3.25. The molecule has 0 aromatic heterocycles.